The standard InChI is InChI=1S/C42H70O35.C17H28N.ClH/c43-1-8-29-15(50)22(57)36(64-8)72-30-9(2-44)66-38(24(59)17(30)52)74-32-11(4-46)68-40(26(61)19(32)54)76-34-13(6-48)70-42(28(63)21(34)56)77-35-14(7-49)69-41(27(62)20(35)55)75-33-12(5-47)67-39(25(60)18(33)53)73-31-10(3-45)65-37(71-29)23(58)16(31)51;1-15-10-11-18(4,14-17(2,3)12-15)13-16-8-6-5-7-9-16;/h8-63H,1-7H2;5-9,15H,10-14H2,1-4H3;1H/q;+1;/p-1/t8-,9-,10-,11-,12-,13-,14-,15-,16-,17-,18-,19-,20+,21+,22-,23-,24-,25-,26-,27+,28+,29-,30-,31-,32-,33-,34-,35-,36-,37-,38-,39-,40-,41-,42-;;/m1../s1. The van der Waals surface area contributed by atoms with Crippen LogP contribution in [0, 0.1) is 11.3 Å². The van der Waals surface area contributed by atoms with Crippen molar-refractivity contribution in [3.63, 3.8) is 0 Å². The highest BCUT2D eigenvalue weighted by atomic mass is 35.5. The molecule has 2 unspecified atom stereocenters. The molecular formula is C59H98ClNO35. The maximum absolute atomic E-state index is 11.3. The first-order valence-corrected chi connectivity index (χ1v) is 31.9. The number of hydrogen-bond acceptors (Lipinski definition) is 35. The third kappa shape index (κ3) is 17.3. The van der Waals surface area contributed by atoms with Crippen molar-refractivity contribution >= 4 is 0 Å². The number of nitrogens with zero attached hydrogens (tertiary/aromatic N) is 1. The Morgan fingerprint density at radius 1 is 0.344 bits per heavy atom. The maximum atomic E-state index is 11.3. The summed E-state index contributed by atoms with van der Waals surface area (Å²) < 4.78 is 80.7. The van der Waals surface area contributed by atoms with E-state index in [-0.39, 0.29) is 12.4 Å². The van der Waals surface area contributed by atoms with E-state index in [4.69, 9.17) is 66.3 Å². The highest BCUT2D eigenvalue weighted by Gasteiger charge is 2.60. The number of rotatable bonds is 9. The zero-order chi connectivity index (χ0) is 69.3. The predicted octanol–water partition coefficient (Wildman–Crippen LogP) is -14.1. The summed E-state index contributed by atoms with van der Waals surface area (Å²) in [5.74, 6) is 0.871. The quantitative estimate of drug-likeness (QED) is 0.102. The van der Waals surface area contributed by atoms with Gasteiger partial charge in [-0.15, -0.1) is 0 Å². The molecule has 36 nitrogen and oxygen atoms in total. The van der Waals surface area contributed by atoms with Gasteiger partial charge in [0.05, 0.1) is 66.4 Å². The average molecular weight is 1420 g/mol. The van der Waals surface area contributed by atoms with Crippen LogP contribution in [0.1, 0.15) is 39.2 Å². The smallest absolute Gasteiger partial charge is 0.187 e. The lowest BCUT2D eigenvalue weighted by Gasteiger charge is -2.50. The normalized spacial score (nSPS) is 50.4. The molecule has 96 heavy (non-hydrogen) atoms. The van der Waals surface area contributed by atoms with Gasteiger partial charge >= 0.3 is 0 Å². The van der Waals surface area contributed by atoms with Gasteiger partial charge in [-0.1, -0.05) is 51.1 Å². The monoisotopic (exact) mass is 1420 g/mol. The van der Waals surface area contributed by atoms with Crippen molar-refractivity contribution in [2.45, 2.75) is 255 Å². The van der Waals surface area contributed by atoms with E-state index >= 15 is 0 Å². The average Bonchev–Trinajstić information content (AvgIpc) is 0.950. The number of hydrogen-bond donors (Lipinski definition) is 21. The Morgan fingerprint density at radius 2 is 0.552 bits per heavy atom. The van der Waals surface area contributed by atoms with Crippen LogP contribution >= 0.6 is 0 Å². The van der Waals surface area contributed by atoms with Crippen LogP contribution in [0.15, 0.2) is 30.3 Å². The molecule has 22 heterocycles. The first-order valence-electron chi connectivity index (χ1n) is 31.9. The Balaban J connectivity index is 0.000000534. The van der Waals surface area contributed by atoms with Crippen molar-refractivity contribution < 1.29 is 190 Å². The summed E-state index contributed by atoms with van der Waals surface area (Å²) in [5.41, 5.74) is 1.95. The van der Waals surface area contributed by atoms with Crippen molar-refractivity contribution in [2.24, 2.45) is 11.3 Å². The van der Waals surface area contributed by atoms with Gasteiger partial charge in [-0.05, 0) is 18.8 Å². The summed E-state index contributed by atoms with van der Waals surface area (Å²) >= 11 is 0. The van der Waals surface area contributed by atoms with E-state index in [1.807, 2.05) is 0 Å². The van der Waals surface area contributed by atoms with Crippen molar-refractivity contribution in [1.29, 1.82) is 0 Å². The number of aliphatic hydroxyl groups is 21. The molecule has 556 valence electrons. The highest BCUT2D eigenvalue weighted by Crippen LogP contribution is 2.40. The Bertz CT molecular complexity index is 2130. The van der Waals surface area contributed by atoms with E-state index in [0.29, 0.717) is 5.41 Å². The first kappa shape index (κ1) is 79.8. The van der Waals surface area contributed by atoms with Gasteiger partial charge in [-0.3, -0.25) is 0 Å². The minimum absolute atomic E-state index is 0. The molecule has 0 amide bonds. The first-order chi connectivity index (χ1) is 45.0. The topological polar surface area (TPSA) is 554 Å². The number of halogens is 1. The van der Waals surface area contributed by atoms with Gasteiger partial charge in [0.15, 0.2) is 44.0 Å². The van der Waals surface area contributed by atoms with Crippen LogP contribution in [0.2, 0.25) is 0 Å². The third-order valence-corrected chi connectivity index (χ3v) is 19.1. The fourth-order valence-electron chi connectivity index (χ4n) is 14.3. The van der Waals surface area contributed by atoms with Crippen LogP contribution in [-0.2, 0) is 72.9 Å². The second-order valence-corrected chi connectivity index (χ2v) is 27.1. The molecule has 1 aromatic rings. The molecule has 0 spiro atoms. The molecule has 1 aromatic carbocycles. The number of aliphatic hydroxyl groups excluding tert-OH is 21. The van der Waals surface area contributed by atoms with E-state index in [2.05, 4.69) is 58.2 Å². The lowest BCUT2D eigenvalue weighted by Crippen LogP contribution is -3.00. The maximum Gasteiger partial charge on any atom is 0.187 e. The number of ether oxygens (including phenoxy) is 14. The molecule has 22 aliphatic rings. The van der Waals surface area contributed by atoms with Gasteiger partial charge in [0.1, 0.15) is 177 Å². The number of likely N-dealkylation sites (tertiary alicyclic amines) is 1. The predicted molar refractivity (Wildman–Crippen MR) is 307 cm³/mol. The fraction of sp³-hybridized carbons (Fsp3) is 0.898. The van der Waals surface area contributed by atoms with E-state index in [0.717, 1.165) is 5.92 Å². The molecule has 22 aliphatic heterocycles. The van der Waals surface area contributed by atoms with Gasteiger partial charge < -0.3 is 190 Å². The fourth-order valence-corrected chi connectivity index (χ4v) is 14.3. The van der Waals surface area contributed by atoms with E-state index in [9.17, 15) is 107 Å². The summed E-state index contributed by atoms with van der Waals surface area (Å²) in [6, 6.07) is 11.0. The third-order valence-electron chi connectivity index (χ3n) is 19.1. The summed E-state index contributed by atoms with van der Waals surface area (Å²) in [5, 5.41) is 230. The highest BCUT2D eigenvalue weighted by molar-refractivity contribution is 5.13. The molecule has 21 N–H and O–H groups in total. The van der Waals surface area contributed by atoms with E-state index < -0.39 is 261 Å². The van der Waals surface area contributed by atoms with Crippen LogP contribution < -0.4 is 12.4 Å². The van der Waals surface area contributed by atoms with Crippen molar-refractivity contribution in [3.8, 4) is 0 Å². The summed E-state index contributed by atoms with van der Waals surface area (Å²) in [7, 11) is 2.44. The van der Waals surface area contributed by atoms with Crippen LogP contribution in [0.25, 0.3) is 0 Å². The van der Waals surface area contributed by atoms with Gasteiger partial charge in [-0.2, -0.15) is 0 Å². The van der Waals surface area contributed by atoms with Crippen molar-refractivity contribution in [2.75, 3.05) is 66.4 Å². The van der Waals surface area contributed by atoms with Crippen LogP contribution in [0.5, 0.6) is 0 Å². The Morgan fingerprint density at radius 3 is 0.750 bits per heavy atom. The van der Waals surface area contributed by atoms with Gasteiger partial charge in [0, 0.05) is 11.0 Å². The lowest BCUT2D eigenvalue weighted by atomic mass is 9.83. The largest absolute Gasteiger partial charge is 1.00 e. The van der Waals surface area contributed by atoms with E-state index in [1.54, 1.807) is 0 Å². The van der Waals surface area contributed by atoms with Crippen molar-refractivity contribution in [3.05, 3.63) is 35.9 Å². The van der Waals surface area contributed by atoms with Crippen LogP contribution in [0.3, 0.4) is 0 Å². The van der Waals surface area contributed by atoms with Gasteiger partial charge in [0.2, 0.25) is 0 Å². The summed E-state index contributed by atoms with van der Waals surface area (Å²) in [4.78, 5) is 0. The molecule has 0 radical (unpaired) electrons. The zero-order valence-electron chi connectivity index (χ0n) is 53.1. The number of quaternary nitrogens is 1. The summed E-state index contributed by atoms with van der Waals surface area (Å²) in [6.07, 6.45) is -67.5. The lowest BCUT2D eigenvalue weighted by molar-refractivity contribution is -0.927. The minimum atomic E-state index is -2.21. The van der Waals surface area contributed by atoms with Crippen LogP contribution in [-0.4, -0.2) is 393 Å². The molecule has 23 rings (SSSR count). The Labute approximate surface area is 557 Å². The van der Waals surface area contributed by atoms with Gasteiger partial charge in [-0.25, -0.2) is 0 Å². The molecule has 22 fully saturated rings. The molecule has 37 heteroatoms. The molecule has 0 aromatic heterocycles. The van der Waals surface area contributed by atoms with Gasteiger partial charge in [0.25, 0.3) is 0 Å². The minimum Gasteiger partial charge on any atom is -1.00 e. The molecule has 0 aliphatic carbocycles. The Kier molecular flexibility index (Phi) is 28.3. The Hall–Kier alpha value is -1.93. The van der Waals surface area contributed by atoms with Crippen LogP contribution in [0.4, 0.5) is 0 Å². The second kappa shape index (κ2) is 34.1. The molecule has 14 bridgehead atoms. The van der Waals surface area contributed by atoms with Crippen molar-refractivity contribution in [1.82, 2.24) is 0 Å². The SMILES string of the molecule is CC1CC[N+](C)(Cc2ccccc2)CC(C)(C)C1.OC[C@H]1O[C@@H]2O[C@H]3[C@H](O)[C@@H](O)[C@@H](O[C@H]4[C@H](O)[C@@H](O)[C@@H](O[C@H]5[C@H](O)[C@@H](O)[C@@H](O[C@H]6[C@H](O)[C@@H](O)[C@@H](O[C@H]7[C@@H](O)[C@H](O)[C@@H](O[C@H]8[C@@H](O)[C@H](O)[C@@H](O[C@H]1[C@H](O)[C@H]2O)O[C@@H]8CO)O[C@@H]7CO)O[C@@H]6CO)O[C@@H]5CO)O[C@@H]4CO)O[C@@H]3CO.[Cl-]. The van der Waals surface area contributed by atoms with E-state index in [1.165, 1.54) is 42.5 Å². The molecule has 0 saturated carbocycles. The molecule has 22 saturated heterocycles. The zero-order valence-corrected chi connectivity index (χ0v) is 53.8. The molecular weight excluding hydrogens is 1320 g/mol. The molecule has 37 atom stereocenters. The summed E-state index contributed by atoms with van der Waals surface area (Å²) in [6.45, 7) is 3.77. The number of benzene rings is 1. The second-order valence-electron chi connectivity index (χ2n) is 27.1.